The van der Waals surface area contributed by atoms with Gasteiger partial charge in [-0.25, -0.2) is 0 Å². The SMILES string of the molecule is CCC(N)CNC(C)c1ccncc1. The van der Waals surface area contributed by atoms with Gasteiger partial charge in [0.1, 0.15) is 0 Å². The Balaban J connectivity index is 2.39. The van der Waals surface area contributed by atoms with Gasteiger partial charge in [-0.1, -0.05) is 6.92 Å². The number of aromatic nitrogens is 1. The molecule has 0 bridgehead atoms. The van der Waals surface area contributed by atoms with Crippen molar-refractivity contribution in [3.05, 3.63) is 30.1 Å². The molecule has 0 fully saturated rings. The standard InChI is InChI=1S/C11H19N3/c1-3-11(12)8-14-9(2)10-4-6-13-7-5-10/h4-7,9,11,14H,3,8,12H2,1-2H3. The number of nitrogens with zero attached hydrogens (tertiary/aromatic N) is 1. The van der Waals surface area contributed by atoms with Crippen LogP contribution in [0.1, 0.15) is 31.9 Å². The lowest BCUT2D eigenvalue weighted by atomic mass is 10.1. The molecule has 3 nitrogen and oxygen atoms in total. The van der Waals surface area contributed by atoms with Crippen LogP contribution in [0.5, 0.6) is 0 Å². The van der Waals surface area contributed by atoms with Crippen LogP contribution in [-0.2, 0) is 0 Å². The smallest absolute Gasteiger partial charge is 0.0293 e. The van der Waals surface area contributed by atoms with Crippen molar-refractivity contribution < 1.29 is 0 Å². The number of rotatable bonds is 5. The second-order valence-corrected chi connectivity index (χ2v) is 3.58. The van der Waals surface area contributed by atoms with E-state index in [1.807, 2.05) is 24.5 Å². The highest BCUT2D eigenvalue weighted by atomic mass is 14.9. The first-order valence-electron chi connectivity index (χ1n) is 5.13. The minimum absolute atomic E-state index is 0.249. The van der Waals surface area contributed by atoms with E-state index < -0.39 is 0 Å². The summed E-state index contributed by atoms with van der Waals surface area (Å²) in [5, 5.41) is 3.40. The Morgan fingerprint density at radius 2 is 2.07 bits per heavy atom. The summed E-state index contributed by atoms with van der Waals surface area (Å²) >= 11 is 0. The molecule has 0 radical (unpaired) electrons. The summed E-state index contributed by atoms with van der Waals surface area (Å²) in [5.41, 5.74) is 7.08. The fourth-order valence-electron chi connectivity index (χ4n) is 1.24. The second-order valence-electron chi connectivity index (χ2n) is 3.58. The quantitative estimate of drug-likeness (QED) is 0.744. The minimum atomic E-state index is 0.249. The second kappa shape index (κ2) is 5.73. The molecule has 0 aliphatic rings. The fraction of sp³-hybridized carbons (Fsp3) is 0.545. The lowest BCUT2D eigenvalue weighted by Gasteiger charge is -2.16. The third kappa shape index (κ3) is 3.44. The van der Waals surface area contributed by atoms with Crippen LogP contribution in [0.4, 0.5) is 0 Å². The lowest BCUT2D eigenvalue weighted by Crippen LogP contribution is -2.34. The van der Waals surface area contributed by atoms with Gasteiger partial charge in [0.2, 0.25) is 0 Å². The molecule has 2 unspecified atom stereocenters. The van der Waals surface area contributed by atoms with Crippen LogP contribution in [-0.4, -0.2) is 17.6 Å². The molecule has 0 aliphatic heterocycles. The van der Waals surface area contributed by atoms with Crippen molar-refractivity contribution in [2.24, 2.45) is 5.73 Å². The van der Waals surface area contributed by atoms with Crippen molar-refractivity contribution in [1.29, 1.82) is 0 Å². The highest BCUT2D eigenvalue weighted by Gasteiger charge is 2.05. The molecule has 0 saturated carbocycles. The molecule has 1 aromatic rings. The van der Waals surface area contributed by atoms with Crippen LogP contribution in [0.2, 0.25) is 0 Å². The predicted molar refractivity (Wildman–Crippen MR) is 58.9 cm³/mol. The van der Waals surface area contributed by atoms with Gasteiger partial charge < -0.3 is 11.1 Å². The summed E-state index contributed by atoms with van der Waals surface area (Å²) in [6, 6.07) is 4.64. The molecule has 0 saturated heterocycles. The average molecular weight is 193 g/mol. The Morgan fingerprint density at radius 3 is 2.64 bits per heavy atom. The van der Waals surface area contributed by atoms with Gasteiger partial charge in [0.05, 0.1) is 0 Å². The van der Waals surface area contributed by atoms with E-state index in [2.05, 4.69) is 24.1 Å². The van der Waals surface area contributed by atoms with E-state index in [0.29, 0.717) is 6.04 Å². The van der Waals surface area contributed by atoms with Crippen LogP contribution in [0.25, 0.3) is 0 Å². The van der Waals surface area contributed by atoms with Crippen molar-refractivity contribution in [2.75, 3.05) is 6.54 Å². The topological polar surface area (TPSA) is 50.9 Å². The zero-order valence-corrected chi connectivity index (χ0v) is 8.90. The largest absolute Gasteiger partial charge is 0.327 e. The third-order valence-electron chi connectivity index (χ3n) is 2.42. The number of hydrogen-bond donors (Lipinski definition) is 2. The molecule has 0 aliphatic carbocycles. The van der Waals surface area contributed by atoms with Gasteiger partial charge in [0.15, 0.2) is 0 Å². The van der Waals surface area contributed by atoms with E-state index in [0.717, 1.165) is 13.0 Å². The fourth-order valence-corrected chi connectivity index (χ4v) is 1.24. The molecule has 1 aromatic heterocycles. The van der Waals surface area contributed by atoms with Crippen molar-refractivity contribution in [3.8, 4) is 0 Å². The Hall–Kier alpha value is -0.930. The van der Waals surface area contributed by atoms with Crippen LogP contribution in [0, 0.1) is 0 Å². The van der Waals surface area contributed by atoms with Gasteiger partial charge >= 0.3 is 0 Å². The Bertz CT molecular complexity index is 248. The van der Waals surface area contributed by atoms with Crippen molar-refractivity contribution in [2.45, 2.75) is 32.4 Å². The first-order valence-corrected chi connectivity index (χ1v) is 5.13. The Morgan fingerprint density at radius 1 is 1.43 bits per heavy atom. The maximum absolute atomic E-state index is 5.82. The maximum atomic E-state index is 5.82. The molecule has 0 aromatic carbocycles. The molecule has 14 heavy (non-hydrogen) atoms. The van der Waals surface area contributed by atoms with Gasteiger partial charge in [0.25, 0.3) is 0 Å². The first kappa shape index (κ1) is 11.1. The van der Waals surface area contributed by atoms with Crippen molar-refractivity contribution in [3.63, 3.8) is 0 Å². The van der Waals surface area contributed by atoms with Gasteiger partial charge in [-0.3, -0.25) is 4.98 Å². The monoisotopic (exact) mass is 193 g/mol. The number of pyridine rings is 1. The molecule has 1 heterocycles. The van der Waals surface area contributed by atoms with Crippen LogP contribution >= 0.6 is 0 Å². The summed E-state index contributed by atoms with van der Waals surface area (Å²) in [4.78, 5) is 3.99. The minimum Gasteiger partial charge on any atom is -0.327 e. The van der Waals surface area contributed by atoms with E-state index in [-0.39, 0.29) is 6.04 Å². The first-order chi connectivity index (χ1) is 6.74. The number of hydrogen-bond acceptors (Lipinski definition) is 3. The van der Waals surface area contributed by atoms with E-state index >= 15 is 0 Å². The van der Waals surface area contributed by atoms with E-state index in [1.54, 1.807) is 0 Å². The maximum Gasteiger partial charge on any atom is 0.0293 e. The van der Waals surface area contributed by atoms with E-state index in [4.69, 9.17) is 5.73 Å². The van der Waals surface area contributed by atoms with Gasteiger partial charge in [-0.05, 0) is 31.0 Å². The Labute approximate surface area is 85.7 Å². The van der Waals surface area contributed by atoms with Crippen molar-refractivity contribution >= 4 is 0 Å². The zero-order chi connectivity index (χ0) is 10.4. The van der Waals surface area contributed by atoms with Crippen molar-refractivity contribution in [1.82, 2.24) is 10.3 Å². The molecule has 0 amide bonds. The summed E-state index contributed by atoms with van der Waals surface area (Å²) < 4.78 is 0. The third-order valence-corrected chi connectivity index (χ3v) is 2.42. The average Bonchev–Trinajstić information content (AvgIpc) is 2.26. The summed E-state index contributed by atoms with van der Waals surface area (Å²) in [6.07, 6.45) is 4.64. The van der Waals surface area contributed by atoms with Gasteiger partial charge in [0, 0.05) is 31.0 Å². The number of nitrogens with two attached hydrogens (primary N) is 1. The molecule has 1 rings (SSSR count). The molecule has 0 spiro atoms. The predicted octanol–water partition coefficient (Wildman–Crippen LogP) is 1.47. The molecular formula is C11H19N3. The van der Waals surface area contributed by atoms with E-state index in [1.165, 1.54) is 5.56 Å². The lowest BCUT2D eigenvalue weighted by molar-refractivity contribution is 0.508. The van der Waals surface area contributed by atoms with Crippen LogP contribution in [0.15, 0.2) is 24.5 Å². The normalized spacial score (nSPS) is 15.1. The molecule has 3 N–H and O–H groups in total. The molecule has 2 atom stereocenters. The summed E-state index contributed by atoms with van der Waals surface area (Å²) in [5.74, 6) is 0. The zero-order valence-electron chi connectivity index (χ0n) is 8.90. The molecular weight excluding hydrogens is 174 g/mol. The summed E-state index contributed by atoms with van der Waals surface area (Å²) in [6.45, 7) is 5.10. The highest BCUT2D eigenvalue weighted by molar-refractivity contribution is 5.13. The van der Waals surface area contributed by atoms with Crippen LogP contribution in [0.3, 0.4) is 0 Å². The Kier molecular flexibility index (Phi) is 4.56. The van der Waals surface area contributed by atoms with Crippen LogP contribution < -0.4 is 11.1 Å². The van der Waals surface area contributed by atoms with E-state index in [9.17, 15) is 0 Å². The van der Waals surface area contributed by atoms with Gasteiger partial charge in [-0.15, -0.1) is 0 Å². The highest BCUT2D eigenvalue weighted by Crippen LogP contribution is 2.09. The number of nitrogens with one attached hydrogen (secondary N) is 1. The van der Waals surface area contributed by atoms with Gasteiger partial charge in [-0.2, -0.15) is 0 Å². The molecule has 3 heteroatoms. The summed E-state index contributed by atoms with van der Waals surface area (Å²) in [7, 11) is 0. The molecule has 78 valence electrons.